The first-order valence-corrected chi connectivity index (χ1v) is 9.75. The summed E-state index contributed by atoms with van der Waals surface area (Å²) >= 11 is 1.73. The van der Waals surface area contributed by atoms with Crippen molar-refractivity contribution in [1.29, 1.82) is 5.26 Å². The van der Waals surface area contributed by atoms with Crippen LogP contribution in [0.2, 0.25) is 0 Å². The Morgan fingerprint density at radius 1 is 1.35 bits per heavy atom. The van der Waals surface area contributed by atoms with Gasteiger partial charge in [-0.2, -0.15) is 5.26 Å². The van der Waals surface area contributed by atoms with Crippen molar-refractivity contribution in [2.24, 2.45) is 11.7 Å². The molecule has 0 bridgehead atoms. The van der Waals surface area contributed by atoms with Crippen LogP contribution >= 0.6 is 11.8 Å². The maximum atomic E-state index is 9.70. The van der Waals surface area contributed by atoms with E-state index < -0.39 is 0 Å². The summed E-state index contributed by atoms with van der Waals surface area (Å²) in [4.78, 5) is 1.19. The number of benzene rings is 1. The van der Waals surface area contributed by atoms with Crippen molar-refractivity contribution in [1.82, 2.24) is 10.2 Å². The van der Waals surface area contributed by atoms with Crippen LogP contribution < -0.4 is 10.5 Å². The van der Waals surface area contributed by atoms with E-state index >= 15 is 0 Å². The second-order valence-electron chi connectivity index (χ2n) is 6.52. The molecule has 2 aromatic rings. The molecule has 2 atom stereocenters. The fourth-order valence-electron chi connectivity index (χ4n) is 3.67. The Morgan fingerprint density at radius 3 is 2.92 bits per heavy atom. The lowest BCUT2D eigenvalue weighted by Crippen LogP contribution is -2.25. The Labute approximate surface area is 156 Å². The highest BCUT2D eigenvalue weighted by atomic mass is 32.2. The van der Waals surface area contributed by atoms with E-state index in [0.717, 1.165) is 36.3 Å². The third-order valence-electron chi connectivity index (χ3n) is 4.91. The number of aromatic nitrogens is 2. The molecule has 1 aliphatic carbocycles. The molecule has 1 aromatic heterocycles. The van der Waals surface area contributed by atoms with E-state index in [2.05, 4.69) is 40.6 Å². The molecule has 132 valence electrons. The Hall–Kier alpha value is -2.65. The molecule has 3 N–H and O–H groups in total. The zero-order valence-corrected chi connectivity index (χ0v) is 15.1. The number of nitrogens with one attached hydrogen (secondary N) is 1. The largest absolute Gasteiger partial charge is 0.420 e. The third-order valence-corrected chi connectivity index (χ3v) is 5.95. The van der Waals surface area contributed by atoms with Crippen LogP contribution in [-0.2, 0) is 5.75 Å². The van der Waals surface area contributed by atoms with Gasteiger partial charge in [0.25, 0.3) is 0 Å². The second-order valence-corrected chi connectivity index (χ2v) is 7.56. The van der Waals surface area contributed by atoms with Crippen LogP contribution in [0.1, 0.15) is 36.4 Å². The van der Waals surface area contributed by atoms with Crippen molar-refractivity contribution < 1.29 is 4.74 Å². The van der Waals surface area contributed by atoms with Crippen molar-refractivity contribution in [3.05, 3.63) is 65.2 Å². The fraction of sp³-hybridized carbons (Fsp3) is 0.300. The van der Waals surface area contributed by atoms with E-state index in [9.17, 15) is 5.26 Å². The Balaban J connectivity index is 1.68. The highest BCUT2D eigenvalue weighted by Gasteiger charge is 2.38. The fourth-order valence-corrected chi connectivity index (χ4v) is 4.56. The average molecular weight is 364 g/mol. The molecule has 0 saturated heterocycles. The highest BCUT2D eigenvalue weighted by Crippen LogP contribution is 2.46. The lowest BCUT2D eigenvalue weighted by molar-refractivity contribution is 0.354. The number of hydrogen-bond acceptors (Lipinski definition) is 5. The molecule has 26 heavy (non-hydrogen) atoms. The van der Waals surface area contributed by atoms with Crippen molar-refractivity contribution in [2.45, 2.75) is 35.8 Å². The predicted octanol–water partition coefficient (Wildman–Crippen LogP) is 4.23. The maximum absolute atomic E-state index is 9.70. The number of nitrogens with zero attached hydrogens (tertiary/aromatic N) is 2. The van der Waals surface area contributed by atoms with Crippen LogP contribution in [-0.4, -0.2) is 10.2 Å². The molecule has 0 radical (unpaired) electrons. The van der Waals surface area contributed by atoms with Gasteiger partial charge in [0, 0.05) is 22.1 Å². The number of ether oxygens (including phenoxy) is 1. The van der Waals surface area contributed by atoms with Crippen molar-refractivity contribution in [3.8, 4) is 11.9 Å². The van der Waals surface area contributed by atoms with Gasteiger partial charge in [0.1, 0.15) is 6.07 Å². The number of allylic oxidation sites excluding steroid dienone is 3. The molecule has 2 heterocycles. The summed E-state index contributed by atoms with van der Waals surface area (Å²) < 4.78 is 5.65. The lowest BCUT2D eigenvalue weighted by Gasteiger charge is -2.30. The monoisotopic (exact) mass is 364 g/mol. The summed E-state index contributed by atoms with van der Waals surface area (Å²) in [5.74, 6) is 1.58. The molecule has 5 nitrogen and oxygen atoms in total. The maximum Gasteiger partial charge on any atom is 0.243 e. The Bertz CT molecular complexity index is 894. The van der Waals surface area contributed by atoms with Gasteiger partial charge in [-0.15, -0.1) is 16.9 Å². The summed E-state index contributed by atoms with van der Waals surface area (Å²) in [7, 11) is 0. The zero-order valence-electron chi connectivity index (χ0n) is 14.3. The molecule has 1 aliphatic heterocycles. The summed E-state index contributed by atoms with van der Waals surface area (Å²) in [6, 6.07) is 12.5. The van der Waals surface area contributed by atoms with Gasteiger partial charge in [0.2, 0.25) is 11.8 Å². The van der Waals surface area contributed by atoms with E-state index in [1.165, 1.54) is 4.90 Å². The van der Waals surface area contributed by atoms with Crippen LogP contribution in [0.15, 0.2) is 58.8 Å². The third kappa shape index (κ3) is 3.11. The zero-order chi connectivity index (χ0) is 17.9. The first kappa shape index (κ1) is 16.8. The van der Waals surface area contributed by atoms with Crippen molar-refractivity contribution in [2.75, 3.05) is 0 Å². The van der Waals surface area contributed by atoms with Gasteiger partial charge in [-0.25, -0.2) is 0 Å². The van der Waals surface area contributed by atoms with Crippen LogP contribution in [0.25, 0.3) is 0 Å². The Kier molecular flexibility index (Phi) is 4.72. The van der Waals surface area contributed by atoms with Gasteiger partial charge >= 0.3 is 0 Å². The minimum Gasteiger partial charge on any atom is -0.420 e. The van der Waals surface area contributed by atoms with Gasteiger partial charge in [0.05, 0.1) is 11.3 Å². The quantitative estimate of drug-likeness (QED) is 0.626. The smallest absolute Gasteiger partial charge is 0.243 e. The number of thioether (sulfide) groups is 1. The number of hydrogen-bond donors (Lipinski definition) is 2. The van der Waals surface area contributed by atoms with Gasteiger partial charge in [-0.3, -0.25) is 5.10 Å². The topological polar surface area (TPSA) is 87.7 Å². The lowest BCUT2D eigenvalue weighted by atomic mass is 9.75. The van der Waals surface area contributed by atoms with Gasteiger partial charge in [-0.05, 0) is 37.3 Å². The van der Waals surface area contributed by atoms with E-state index in [-0.39, 0.29) is 17.7 Å². The number of H-pyrrole nitrogens is 1. The first-order valence-electron chi connectivity index (χ1n) is 8.77. The molecule has 4 rings (SSSR count). The van der Waals surface area contributed by atoms with Crippen molar-refractivity contribution in [3.63, 3.8) is 0 Å². The molecular weight excluding hydrogens is 344 g/mol. The highest BCUT2D eigenvalue weighted by molar-refractivity contribution is 7.98. The molecule has 0 spiro atoms. The molecule has 2 aliphatic rings. The molecule has 0 fully saturated rings. The van der Waals surface area contributed by atoms with E-state index in [4.69, 9.17) is 10.5 Å². The van der Waals surface area contributed by atoms with Gasteiger partial charge < -0.3 is 10.5 Å². The summed E-state index contributed by atoms with van der Waals surface area (Å²) in [5.41, 5.74) is 8.52. The van der Waals surface area contributed by atoms with Crippen LogP contribution in [0, 0.1) is 17.2 Å². The second kappa shape index (κ2) is 7.30. The molecule has 6 heteroatoms. The van der Waals surface area contributed by atoms with Crippen LogP contribution in [0.5, 0.6) is 5.88 Å². The standard InChI is InChI=1S/C20H20N4OS/c21-11-15-17(13-7-3-1-4-8-13)18-16(23-24-20(18)25-19(15)22)12-26-14-9-5-2-6-10-14/h2-3,5-7,9-10,13,17H,1,4,8,12,22H2,(H,23,24)/t13-,17-/m0/s1. The summed E-state index contributed by atoms with van der Waals surface area (Å²) in [6.07, 6.45) is 7.67. The molecular formula is C20H20N4OS. The minimum absolute atomic E-state index is 0.0922. The van der Waals surface area contributed by atoms with Gasteiger partial charge in [0.15, 0.2) is 0 Å². The molecule has 0 amide bonds. The van der Waals surface area contributed by atoms with Crippen molar-refractivity contribution >= 4 is 11.8 Å². The number of nitrogens with two attached hydrogens (primary N) is 1. The van der Waals surface area contributed by atoms with Crippen LogP contribution in [0.3, 0.4) is 0 Å². The molecule has 0 unspecified atom stereocenters. The number of nitriles is 1. The average Bonchev–Trinajstić information content (AvgIpc) is 3.09. The normalized spacial score (nSPS) is 21.8. The summed E-state index contributed by atoms with van der Waals surface area (Å²) in [6.45, 7) is 0. The number of fused-ring (bicyclic) bond motifs is 1. The van der Waals surface area contributed by atoms with E-state index in [1.54, 1.807) is 11.8 Å². The summed E-state index contributed by atoms with van der Waals surface area (Å²) in [5, 5.41) is 17.1. The molecule has 0 saturated carbocycles. The minimum atomic E-state index is -0.0922. The predicted molar refractivity (Wildman–Crippen MR) is 101 cm³/mol. The number of rotatable bonds is 4. The first-order chi connectivity index (χ1) is 12.8. The molecule has 1 aromatic carbocycles. The van der Waals surface area contributed by atoms with Crippen LogP contribution in [0.4, 0.5) is 0 Å². The number of aromatic amines is 1. The van der Waals surface area contributed by atoms with E-state index in [0.29, 0.717) is 11.5 Å². The Morgan fingerprint density at radius 2 is 2.19 bits per heavy atom. The SMILES string of the molecule is N#CC1=C(N)Oc2n[nH]c(CSc3ccccc3)c2[C@H]1[C@H]1C=CCCC1. The van der Waals surface area contributed by atoms with E-state index in [1.807, 2.05) is 18.2 Å². The van der Waals surface area contributed by atoms with Gasteiger partial charge in [-0.1, -0.05) is 30.4 Å².